The van der Waals surface area contributed by atoms with Crippen molar-refractivity contribution in [2.45, 2.75) is 32.2 Å². The lowest BCUT2D eigenvalue weighted by Crippen LogP contribution is -2.34. The van der Waals surface area contributed by atoms with E-state index in [1.165, 1.54) is 0 Å². The molecule has 1 atom stereocenters. The first kappa shape index (κ1) is 16.2. The summed E-state index contributed by atoms with van der Waals surface area (Å²) in [6, 6.07) is 4.87. The molecule has 0 aliphatic carbocycles. The minimum Gasteiger partial charge on any atom is -0.538 e. The molecular formula is C14H17Cl2NO3Si. The van der Waals surface area contributed by atoms with Gasteiger partial charge in [0.15, 0.2) is 0 Å². The van der Waals surface area contributed by atoms with E-state index in [4.69, 9.17) is 38.1 Å². The highest BCUT2D eigenvalue weighted by Gasteiger charge is 2.50. The normalized spacial score (nSPS) is 22.5. The van der Waals surface area contributed by atoms with Crippen molar-refractivity contribution in [2.24, 2.45) is 5.73 Å². The summed E-state index contributed by atoms with van der Waals surface area (Å²) in [6.45, 7) is 7.49. The van der Waals surface area contributed by atoms with Gasteiger partial charge in [-0.15, -0.1) is 0 Å². The molecule has 0 fully saturated rings. The number of hydrogen-bond donors (Lipinski definition) is 1. The molecule has 1 aromatic rings. The molecule has 2 rings (SSSR count). The summed E-state index contributed by atoms with van der Waals surface area (Å²) in [5.41, 5.74) is 4.99. The number of halogens is 2. The van der Waals surface area contributed by atoms with Crippen LogP contribution >= 0.6 is 23.2 Å². The van der Waals surface area contributed by atoms with Crippen LogP contribution in [-0.2, 0) is 19.6 Å². The summed E-state index contributed by atoms with van der Waals surface area (Å²) in [4.78, 5) is 12.7. The highest BCUT2D eigenvalue weighted by molar-refractivity contribution is 6.70. The highest BCUT2D eigenvalue weighted by Crippen LogP contribution is 2.42. The lowest BCUT2D eigenvalue weighted by Gasteiger charge is -2.25. The Morgan fingerprint density at radius 3 is 2.48 bits per heavy atom. The van der Waals surface area contributed by atoms with Crippen LogP contribution in [0.3, 0.4) is 0 Å². The third kappa shape index (κ3) is 3.05. The minimum atomic E-state index is -1.99. The van der Waals surface area contributed by atoms with Crippen molar-refractivity contribution in [2.75, 3.05) is 0 Å². The number of ketones is 1. The summed E-state index contributed by atoms with van der Waals surface area (Å²) in [5, 5.41) is 0.850. The molecule has 1 aliphatic rings. The predicted molar refractivity (Wildman–Crippen MR) is 85.6 cm³/mol. The van der Waals surface area contributed by atoms with Crippen LogP contribution in [0.4, 0.5) is 0 Å². The Balaban J connectivity index is 2.44. The molecule has 0 amide bonds. The van der Waals surface area contributed by atoms with Crippen LogP contribution in [0.5, 0.6) is 0 Å². The van der Waals surface area contributed by atoms with Gasteiger partial charge in [-0.3, -0.25) is 4.79 Å². The fraction of sp³-hybridized carbons (Fsp3) is 0.357. The van der Waals surface area contributed by atoms with Crippen molar-refractivity contribution in [3.63, 3.8) is 0 Å². The molecule has 7 heteroatoms. The minimum absolute atomic E-state index is 0.0130. The molecule has 1 aromatic carbocycles. The quantitative estimate of drug-likeness (QED) is 0.846. The van der Waals surface area contributed by atoms with E-state index < -0.39 is 13.9 Å². The van der Waals surface area contributed by atoms with Crippen LogP contribution in [0.15, 0.2) is 29.8 Å². The largest absolute Gasteiger partial charge is 0.538 e. The second-order valence-corrected chi connectivity index (χ2v) is 11.3. The first-order chi connectivity index (χ1) is 9.54. The molecule has 1 heterocycles. The summed E-state index contributed by atoms with van der Waals surface area (Å²) in [7, 11) is -1.99. The molecule has 0 spiro atoms. The monoisotopic (exact) mass is 345 g/mol. The van der Waals surface area contributed by atoms with E-state index in [1.54, 1.807) is 25.1 Å². The Bertz CT molecular complexity index is 640. The molecule has 0 saturated carbocycles. The van der Waals surface area contributed by atoms with Crippen LogP contribution in [0.2, 0.25) is 29.7 Å². The van der Waals surface area contributed by atoms with Gasteiger partial charge in [0.1, 0.15) is 0 Å². The molecule has 114 valence electrons. The first-order valence-corrected chi connectivity index (χ1v) is 10.6. The van der Waals surface area contributed by atoms with E-state index in [2.05, 4.69) is 0 Å². The van der Waals surface area contributed by atoms with Gasteiger partial charge >= 0.3 is 0 Å². The van der Waals surface area contributed by atoms with Crippen molar-refractivity contribution in [1.29, 1.82) is 0 Å². The van der Waals surface area contributed by atoms with Gasteiger partial charge in [0, 0.05) is 15.6 Å². The summed E-state index contributed by atoms with van der Waals surface area (Å²) in [5.74, 6) is -0.278. The number of hydrogen-bond acceptors (Lipinski definition) is 4. The van der Waals surface area contributed by atoms with Gasteiger partial charge in [0.25, 0.3) is 0 Å². The van der Waals surface area contributed by atoms with E-state index in [-0.39, 0.29) is 17.4 Å². The van der Waals surface area contributed by atoms with Gasteiger partial charge in [-0.25, -0.2) is 0 Å². The van der Waals surface area contributed by atoms with E-state index in [1.807, 2.05) is 19.6 Å². The summed E-state index contributed by atoms with van der Waals surface area (Å²) >= 11 is 12.2. The molecule has 2 N–H and O–H groups in total. The van der Waals surface area contributed by atoms with Gasteiger partial charge in [-0.2, -0.15) is 0 Å². The molecule has 1 unspecified atom stereocenters. The Morgan fingerprint density at radius 1 is 1.29 bits per heavy atom. The molecule has 4 nitrogen and oxygen atoms in total. The SMILES string of the molecule is CC1(c2cc(Cl)ccc2Cl)OC(N)=C(O[Si](C)(C)C)C1=O. The average molecular weight is 346 g/mol. The van der Waals surface area contributed by atoms with Crippen LogP contribution in [0.25, 0.3) is 0 Å². The third-order valence-electron chi connectivity index (χ3n) is 3.03. The van der Waals surface area contributed by atoms with Crippen LogP contribution < -0.4 is 5.73 Å². The van der Waals surface area contributed by atoms with Gasteiger partial charge < -0.3 is 14.9 Å². The number of nitrogens with two attached hydrogens (primary N) is 1. The number of ether oxygens (including phenoxy) is 1. The summed E-state index contributed by atoms with van der Waals surface area (Å²) in [6.07, 6.45) is 0. The van der Waals surface area contributed by atoms with Crippen molar-refractivity contribution in [3.05, 3.63) is 45.5 Å². The maximum Gasteiger partial charge on any atom is 0.249 e. The fourth-order valence-electron chi connectivity index (χ4n) is 2.08. The molecule has 1 aliphatic heterocycles. The Kier molecular flexibility index (Phi) is 4.03. The molecule has 0 radical (unpaired) electrons. The number of carbonyl (C=O) groups excluding carboxylic acids is 1. The van der Waals surface area contributed by atoms with Crippen LogP contribution in [0, 0.1) is 0 Å². The Morgan fingerprint density at radius 2 is 1.90 bits per heavy atom. The maximum atomic E-state index is 12.7. The van der Waals surface area contributed by atoms with Crippen molar-refractivity contribution in [1.82, 2.24) is 0 Å². The first-order valence-electron chi connectivity index (χ1n) is 6.43. The predicted octanol–water partition coefficient (Wildman–Crippen LogP) is 3.79. The Labute approximate surface area is 134 Å². The number of benzene rings is 1. The second-order valence-electron chi connectivity index (χ2n) is 6.00. The average Bonchev–Trinajstić information content (AvgIpc) is 2.55. The zero-order valence-electron chi connectivity index (χ0n) is 12.3. The number of carbonyl (C=O) groups is 1. The van der Waals surface area contributed by atoms with Gasteiger partial charge in [-0.1, -0.05) is 23.2 Å². The lowest BCUT2D eigenvalue weighted by atomic mass is 9.91. The number of rotatable bonds is 3. The van der Waals surface area contributed by atoms with Crippen molar-refractivity contribution in [3.8, 4) is 0 Å². The zero-order valence-corrected chi connectivity index (χ0v) is 14.8. The van der Waals surface area contributed by atoms with E-state index in [0.29, 0.717) is 15.6 Å². The van der Waals surface area contributed by atoms with Crippen molar-refractivity contribution < 1.29 is 14.0 Å². The molecule has 0 aromatic heterocycles. The van der Waals surface area contributed by atoms with Gasteiger partial charge in [0.2, 0.25) is 31.3 Å². The van der Waals surface area contributed by atoms with E-state index in [9.17, 15) is 4.79 Å². The van der Waals surface area contributed by atoms with E-state index >= 15 is 0 Å². The lowest BCUT2D eigenvalue weighted by molar-refractivity contribution is -0.131. The highest BCUT2D eigenvalue weighted by atomic mass is 35.5. The topological polar surface area (TPSA) is 61.6 Å². The van der Waals surface area contributed by atoms with Crippen LogP contribution in [-0.4, -0.2) is 14.1 Å². The van der Waals surface area contributed by atoms with E-state index in [0.717, 1.165) is 0 Å². The number of Topliss-reactive ketones (excluding diaryl/α,β-unsaturated/α-hetero) is 1. The zero-order chi connectivity index (χ0) is 16.0. The molecular weight excluding hydrogens is 329 g/mol. The molecule has 0 bridgehead atoms. The smallest absolute Gasteiger partial charge is 0.249 e. The van der Waals surface area contributed by atoms with Gasteiger partial charge in [-0.05, 0) is 44.8 Å². The maximum absolute atomic E-state index is 12.7. The molecule has 21 heavy (non-hydrogen) atoms. The molecule has 0 saturated heterocycles. The van der Waals surface area contributed by atoms with Gasteiger partial charge in [0.05, 0.1) is 0 Å². The van der Waals surface area contributed by atoms with Crippen molar-refractivity contribution >= 4 is 37.3 Å². The third-order valence-corrected chi connectivity index (χ3v) is 4.41. The Hall–Kier alpha value is -1.17. The van der Waals surface area contributed by atoms with Crippen LogP contribution in [0.1, 0.15) is 12.5 Å². The standard InChI is InChI=1S/C14H17Cl2NO3Si/c1-14(9-7-8(15)5-6-10(9)16)12(18)11(13(17)19-14)20-21(2,3)4/h5-7H,17H2,1-4H3. The summed E-state index contributed by atoms with van der Waals surface area (Å²) < 4.78 is 11.4. The second kappa shape index (κ2) is 5.23. The fourth-order valence-corrected chi connectivity index (χ4v) is 3.36.